The zero-order chi connectivity index (χ0) is 12.5. The first-order chi connectivity index (χ1) is 8.75. The molecule has 6 nitrogen and oxygen atoms in total. The molecule has 0 aliphatic carbocycles. The monoisotopic (exact) mass is 244 g/mol. The fraction of sp³-hybridized carbons (Fsp3) is 0. The Hall–Kier alpha value is -2.76. The van der Waals surface area contributed by atoms with Crippen molar-refractivity contribution in [2.24, 2.45) is 0 Å². The fourth-order valence-electron chi connectivity index (χ4n) is 1.77. The molecule has 3 heterocycles. The summed E-state index contributed by atoms with van der Waals surface area (Å²) in [5, 5.41) is 8.80. The highest BCUT2D eigenvalue weighted by Gasteiger charge is 2.17. The molecule has 0 bridgehead atoms. The van der Waals surface area contributed by atoms with Gasteiger partial charge in [-0.1, -0.05) is 0 Å². The normalized spacial score (nSPS) is 10.7. The summed E-state index contributed by atoms with van der Waals surface area (Å²) in [5.41, 5.74) is 0.965. The summed E-state index contributed by atoms with van der Waals surface area (Å²) in [6.07, 6.45) is 5.15. The summed E-state index contributed by atoms with van der Waals surface area (Å²) >= 11 is 0. The van der Waals surface area contributed by atoms with Gasteiger partial charge >= 0.3 is 6.16 Å². The summed E-state index contributed by atoms with van der Waals surface area (Å²) in [6.45, 7) is 0. The number of hydrogen-bond acceptors (Lipinski definition) is 4. The minimum Gasteiger partial charge on any atom is -0.464 e. The maximum atomic E-state index is 10.8. The number of nitrogens with zero attached hydrogens (tertiary/aromatic N) is 2. The number of carbonyl (C=O) groups is 1. The minimum atomic E-state index is -1.39. The van der Waals surface area contributed by atoms with E-state index >= 15 is 0 Å². The molecule has 0 saturated heterocycles. The third kappa shape index (κ3) is 1.60. The van der Waals surface area contributed by atoms with Crippen LogP contribution in [-0.4, -0.2) is 20.6 Å². The number of aromatic nitrogens is 2. The molecule has 0 aromatic carbocycles. The van der Waals surface area contributed by atoms with E-state index in [1.165, 1.54) is 6.26 Å². The average molecular weight is 244 g/mol. The van der Waals surface area contributed by atoms with E-state index in [2.05, 4.69) is 4.98 Å². The lowest BCUT2D eigenvalue weighted by Gasteiger charge is -2.07. The standard InChI is InChI=1S/C12H8N2O4/c15-12(16)18-10-8(9-2-1-7-17-9)3-5-14-6-4-13-11(10)14/h1-7H,(H,15,16). The number of furan rings is 1. The highest BCUT2D eigenvalue weighted by molar-refractivity contribution is 5.78. The molecule has 3 aromatic heterocycles. The molecule has 18 heavy (non-hydrogen) atoms. The van der Waals surface area contributed by atoms with E-state index in [0.717, 1.165) is 0 Å². The minimum absolute atomic E-state index is 0.157. The van der Waals surface area contributed by atoms with Gasteiger partial charge in [0.15, 0.2) is 11.4 Å². The Labute approximate surface area is 101 Å². The topological polar surface area (TPSA) is 77.0 Å². The average Bonchev–Trinajstić information content (AvgIpc) is 2.99. The predicted octanol–water partition coefficient (Wildman–Crippen LogP) is 2.65. The van der Waals surface area contributed by atoms with Crippen molar-refractivity contribution < 1.29 is 19.1 Å². The van der Waals surface area contributed by atoms with Crippen molar-refractivity contribution >= 4 is 11.8 Å². The molecule has 0 aliphatic heterocycles. The second kappa shape index (κ2) is 3.92. The van der Waals surface area contributed by atoms with Gasteiger partial charge in [0.05, 0.1) is 11.8 Å². The molecule has 0 aliphatic rings. The van der Waals surface area contributed by atoms with Crippen molar-refractivity contribution in [2.75, 3.05) is 0 Å². The van der Waals surface area contributed by atoms with Crippen LogP contribution in [0.25, 0.3) is 17.0 Å². The quantitative estimate of drug-likeness (QED) is 0.701. The SMILES string of the molecule is O=C(O)Oc1c(-c2ccco2)ccn2ccnc12. The molecular formula is C12H8N2O4. The van der Waals surface area contributed by atoms with Crippen LogP contribution in [0.15, 0.2) is 47.5 Å². The highest BCUT2D eigenvalue weighted by atomic mass is 16.7. The Morgan fingerprint density at radius 2 is 2.28 bits per heavy atom. The Morgan fingerprint density at radius 3 is 3.00 bits per heavy atom. The van der Waals surface area contributed by atoms with Gasteiger partial charge in [0, 0.05) is 18.6 Å². The van der Waals surface area contributed by atoms with E-state index < -0.39 is 6.16 Å². The number of ether oxygens (including phenoxy) is 1. The number of fused-ring (bicyclic) bond motifs is 1. The number of rotatable bonds is 2. The van der Waals surface area contributed by atoms with Crippen molar-refractivity contribution in [1.82, 2.24) is 9.38 Å². The molecule has 1 N–H and O–H groups in total. The van der Waals surface area contributed by atoms with Gasteiger partial charge in [-0.3, -0.25) is 0 Å². The lowest BCUT2D eigenvalue weighted by atomic mass is 10.2. The first-order valence-corrected chi connectivity index (χ1v) is 5.16. The fourth-order valence-corrected chi connectivity index (χ4v) is 1.77. The Balaban J connectivity index is 2.26. The summed E-state index contributed by atoms with van der Waals surface area (Å²) in [7, 11) is 0. The maximum Gasteiger partial charge on any atom is 0.511 e. The molecule has 0 atom stereocenters. The van der Waals surface area contributed by atoms with Crippen molar-refractivity contribution in [3.05, 3.63) is 43.1 Å². The van der Waals surface area contributed by atoms with Gasteiger partial charge in [-0.25, -0.2) is 9.78 Å². The number of imidazole rings is 1. The summed E-state index contributed by atoms with van der Waals surface area (Å²) in [4.78, 5) is 14.8. The second-order valence-electron chi connectivity index (χ2n) is 3.56. The lowest BCUT2D eigenvalue weighted by molar-refractivity contribution is 0.145. The van der Waals surface area contributed by atoms with E-state index in [1.807, 2.05) is 0 Å². The molecule has 3 aromatic rings. The molecule has 6 heteroatoms. The first kappa shape index (κ1) is 10.4. The molecule has 0 amide bonds. The molecular weight excluding hydrogens is 236 g/mol. The van der Waals surface area contributed by atoms with Crippen molar-refractivity contribution in [1.29, 1.82) is 0 Å². The molecule has 90 valence electrons. The molecule has 0 spiro atoms. The maximum absolute atomic E-state index is 10.8. The van der Waals surface area contributed by atoms with Gasteiger partial charge in [-0.2, -0.15) is 0 Å². The van der Waals surface area contributed by atoms with E-state index in [9.17, 15) is 4.79 Å². The zero-order valence-corrected chi connectivity index (χ0v) is 9.11. The van der Waals surface area contributed by atoms with Crippen molar-refractivity contribution in [2.45, 2.75) is 0 Å². The summed E-state index contributed by atoms with van der Waals surface area (Å²) in [5.74, 6) is 0.682. The van der Waals surface area contributed by atoms with Crippen LogP contribution in [0.5, 0.6) is 5.75 Å². The number of pyridine rings is 1. The van der Waals surface area contributed by atoms with Gasteiger partial charge in [-0.05, 0) is 18.2 Å². The number of carboxylic acid groups (broad SMARTS) is 1. The Morgan fingerprint density at radius 1 is 1.39 bits per heavy atom. The number of hydrogen-bond donors (Lipinski definition) is 1. The van der Waals surface area contributed by atoms with Gasteiger partial charge < -0.3 is 18.7 Å². The van der Waals surface area contributed by atoms with E-state index in [0.29, 0.717) is 17.0 Å². The third-order valence-electron chi connectivity index (χ3n) is 2.49. The molecule has 3 rings (SSSR count). The summed E-state index contributed by atoms with van der Waals surface area (Å²) in [6, 6.07) is 5.16. The lowest BCUT2D eigenvalue weighted by Crippen LogP contribution is -2.05. The second-order valence-corrected chi connectivity index (χ2v) is 3.56. The smallest absolute Gasteiger partial charge is 0.464 e. The first-order valence-electron chi connectivity index (χ1n) is 5.16. The van der Waals surface area contributed by atoms with Gasteiger partial charge in [-0.15, -0.1) is 0 Å². The highest BCUT2D eigenvalue weighted by Crippen LogP contribution is 2.33. The molecule has 0 fully saturated rings. The van der Waals surface area contributed by atoms with Crippen LogP contribution >= 0.6 is 0 Å². The third-order valence-corrected chi connectivity index (χ3v) is 2.49. The summed E-state index contributed by atoms with van der Waals surface area (Å²) < 4.78 is 11.7. The van der Waals surface area contributed by atoms with Crippen molar-refractivity contribution in [3.8, 4) is 17.1 Å². The predicted molar refractivity (Wildman–Crippen MR) is 61.5 cm³/mol. The largest absolute Gasteiger partial charge is 0.511 e. The van der Waals surface area contributed by atoms with Crippen LogP contribution in [-0.2, 0) is 0 Å². The zero-order valence-electron chi connectivity index (χ0n) is 9.11. The van der Waals surface area contributed by atoms with Crippen LogP contribution in [0, 0.1) is 0 Å². The van der Waals surface area contributed by atoms with E-state index in [4.69, 9.17) is 14.3 Å². The van der Waals surface area contributed by atoms with Crippen LogP contribution < -0.4 is 4.74 Å². The van der Waals surface area contributed by atoms with E-state index in [-0.39, 0.29) is 5.75 Å². The van der Waals surface area contributed by atoms with Crippen LogP contribution in [0.1, 0.15) is 0 Å². The van der Waals surface area contributed by atoms with Crippen LogP contribution in [0.2, 0.25) is 0 Å². The van der Waals surface area contributed by atoms with Crippen molar-refractivity contribution in [3.63, 3.8) is 0 Å². The Bertz CT molecular complexity index is 700. The van der Waals surface area contributed by atoms with Gasteiger partial charge in [0.25, 0.3) is 0 Å². The van der Waals surface area contributed by atoms with Gasteiger partial charge in [0.2, 0.25) is 0 Å². The molecule has 0 radical (unpaired) electrons. The van der Waals surface area contributed by atoms with E-state index in [1.54, 1.807) is 41.2 Å². The van der Waals surface area contributed by atoms with Crippen LogP contribution in [0.4, 0.5) is 4.79 Å². The molecule has 0 unspecified atom stereocenters. The van der Waals surface area contributed by atoms with Gasteiger partial charge in [0.1, 0.15) is 5.76 Å². The molecule has 0 saturated carbocycles. The van der Waals surface area contributed by atoms with Crippen LogP contribution in [0.3, 0.4) is 0 Å². The Kier molecular flexibility index (Phi) is 2.26.